The van der Waals surface area contributed by atoms with Crippen LogP contribution in [0.3, 0.4) is 0 Å². The molecule has 0 saturated heterocycles. The summed E-state index contributed by atoms with van der Waals surface area (Å²) in [5.74, 6) is 1.31. The summed E-state index contributed by atoms with van der Waals surface area (Å²) in [6.45, 7) is 8.05. The third-order valence-corrected chi connectivity index (χ3v) is 3.40. The van der Waals surface area contributed by atoms with E-state index in [1.165, 1.54) is 0 Å². The number of rotatable bonds is 11. The zero-order valence-electron chi connectivity index (χ0n) is 15.7. The van der Waals surface area contributed by atoms with Crippen molar-refractivity contribution < 1.29 is 9.53 Å². The van der Waals surface area contributed by atoms with E-state index in [1.807, 2.05) is 30.3 Å². The molecule has 0 aliphatic carbocycles. The van der Waals surface area contributed by atoms with Gasteiger partial charge in [0, 0.05) is 45.5 Å². The molecule has 0 heterocycles. The van der Waals surface area contributed by atoms with Gasteiger partial charge in [0.1, 0.15) is 0 Å². The van der Waals surface area contributed by atoms with Gasteiger partial charge in [0.15, 0.2) is 5.96 Å². The monoisotopic (exact) mass is 348 g/mol. The summed E-state index contributed by atoms with van der Waals surface area (Å²) >= 11 is 0. The minimum absolute atomic E-state index is 0.0375. The van der Waals surface area contributed by atoms with E-state index < -0.39 is 0 Å². The van der Waals surface area contributed by atoms with Crippen LogP contribution in [0.15, 0.2) is 35.3 Å². The lowest BCUT2D eigenvalue weighted by Gasteiger charge is -2.12. The smallest absolute Gasteiger partial charge is 0.251 e. The summed E-state index contributed by atoms with van der Waals surface area (Å²) in [6.07, 6.45) is 1.78. The molecule has 0 aliphatic rings. The summed E-state index contributed by atoms with van der Waals surface area (Å²) in [5.41, 5.74) is 0.688. The van der Waals surface area contributed by atoms with E-state index in [0.29, 0.717) is 18.0 Å². The maximum Gasteiger partial charge on any atom is 0.251 e. The number of aliphatic imine (C=N–C) groups is 1. The van der Waals surface area contributed by atoms with Crippen molar-refractivity contribution in [1.29, 1.82) is 0 Å². The zero-order valence-corrected chi connectivity index (χ0v) is 15.7. The van der Waals surface area contributed by atoms with Crippen LogP contribution in [0.5, 0.6) is 0 Å². The lowest BCUT2D eigenvalue weighted by Crippen LogP contribution is -2.39. The van der Waals surface area contributed by atoms with Crippen LogP contribution in [0, 0.1) is 5.92 Å². The Labute approximate surface area is 151 Å². The van der Waals surface area contributed by atoms with Gasteiger partial charge < -0.3 is 20.7 Å². The minimum atomic E-state index is -0.0375. The van der Waals surface area contributed by atoms with Crippen molar-refractivity contribution in [2.24, 2.45) is 10.9 Å². The molecular formula is C19H32N4O2. The lowest BCUT2D eigenvalue weighted by molar-refractivity contribution is 0.0953. The molecule has 0 saturated carbocycles. The second-order valence-corrected chi connectivity index (χ2v) is 6.22. The Kier molecular flexibility index (Phi) is 11.1. The van der Waals surface area contributed by atoms with Crippen LogP contribution in [0.25, 0.3) is 0 Å². The Bertz CT molecular complexity index is 503. The molecule has 1 rings (SSSR count). The molecule has 6 nitrogen and oxygen atoms in total. The Morgan fingerprint density at radius 3 is 2.32 bits per heavy atom. The molecule has 25 heavy (non-hydrogen) atoms. The first-order valence-corrected chi connectivity index (χ1v) is 8.99. The minimum Gasteiger partial charge on any atom is -0.381 e. The van der Waals surface area contributed by atoms with Gasteiger partial charge in [-0.05, 0) is 30.9 Å². The van der Waals surface area contributed by atoms with Crippen molar-refractivity contribution in [3.05, 3.63) is 35.9 Å². The number of carbonyl (C=O) groups is 1. The molecule has 0 radical (unpaired) electrons. The van der Waals surface area contributed by atoms with Crippen LogP contribution in [0.2, 0.25) is 0 Å². The largest absolute Gasteiger partial charge is 0.381 e. The molecule has 1 aromatic carbocycles. The van der Waals surface area contributed by atoms with Crippen molar-refractivity contribution in [3.8, 4) is 0 Å². The van der Waals surface area contributed by atoms with Crippen LogP contribution < -0.4 is 16.0 Å². The molecule has 0 fully saturated rings. The normalized spacial score (nSPS) is 11.4. The highest BCUT2D eigenvalue weighted by molar-refractivity contribution is 5.94. The molecule has 1 aromatic rings. The fourth-order valence-electron chi connectivity index (χ4n) is 2.11. The molecule has 0 unspecified atom stereocenters. The van der Waals surface area contributed by atoms with Crippen molar-refractivity contribution in [2.45, 2.75) is 26.7 Å². The Morgan fingerprint density at radius 2 is 1.68 bits per heavy atom. The van der Waals surface area contributed by atoms with Gasteiger partial charge in [-0.1, -0.05) is 32.0 Å². The first-order chi connectivity index (χ1) is 12.1. The highest BCUT2D eigenvalue weighted by Crippen LogP contribution is 1.97. The van der Waals surface area contributed by atoms with E-state index in [9.17, 15) is 4.79 Å². The second-order valence-electron chi connectivity index (χ2n) is 6.22. The van der Waals surface area contributed by atoms with Crippen LogP contribution >= 0.6 is 0 Å². The Balaban J connectivity index is 2.04. The van der Waals surface area contributed by atoms with Gasteiger partial charge in [-0.3, -0.25) is 9.79 Å². The molecule has 140 valence electrons. The van der Waals surface area contributed by atoms with Crippen LogP contribution in [-0.4, -0.2) is 51.8 Å². The number of carbonyl (C=O) groups excluding carboxylic acids is 1. The third-order valence-electron chi connectivity index (χ3n) is 3.40. The summed E-state index contributed by atoms with van der Waals surface area (Å²) in [4.78, 5) is 16.1. The number of amides is 1. The van der Waals surface area contributed by atoms with Gasteiger partial charge in [-0.25, -0.2) is 0 Å². The molecule has 0 atom stereocenters. The third kappa shape index (κ3) is 10.4. The predicted octanol–water partition coefficient (Wildman–Crippen LogP) is 2.03. The quantitative estimate of drug-likeness (QED) is 0.325. The number of guanidine groups is 1. The van der Waals surface area contributed by atoms with E-state index in [2.05, 4.69) is 34.8 Å². The molecule has 0 aliphatic heterocycles. The standard InChI is InChI=1S/C19H32N4O2/c1-16(2)15-25-14-8-13-23-19(20-3)22-12-7-11-21-18(24)17-9-5-4-6-10-17/h4-6,9-10,16H,7-8,11-15H2,1-3H3,(H,21,24)(H2,20,22,23). The van der Waals surface area contributed by atoms with E-state index in [0.717, 1.165) is 45.1 Å². The Hall–Kier alpha value is -2.08. The van der Waals surface area contributed by atoms with Crippen molar-refractivity contribution >= 4 is 11.9 Å². The molecule has 1 amide bonds. The molecular weight excluding hydrogens is 316 g/mol. The number of ether oxygens (including phenoxy) is 1. The maximum atomic E-state index is 11.9. The van der Waals surface area contributed by atoms with E-state index in [-0.39, 0.29) is 5.91 Å². The first kappa shape index (κ1) is 21.0. The zero-order chi connectivity index (χ0) is 18.3. The fourth-order valence-corrected chi connectivity index (χ4v) is 2.11. The van der Waals surface area contributed by atoms with Crippen molar-refractivity contribution in [1.82, 2.24) is 16.0 Å². The number of nitrogens with one attached hydrogen (secondary N) is 3. The number of hydrogen-bond acceptors (Lipinski definition) is 3. The first-order valence-electron chi connectivity index (χ1n) is 8.99. The van der Waals surface area contributed by atoms with Crippen molar-refractivity contribution in [2.75, 3.05) is 39.9 Å². The van der Waals surface area contributed by atoms with E-state index in [1.54, 1.807) is 7.05 Å². The highest BCUT2D eigenvalue weighted by atomic mass is 16.5. The van der Waals surface area contributed by atoms with Crippen LogP contribution in [0.4, 0.5) is 0 Å². The SMILES string of the molecule is CN=C(NCCCNC(=O)c1ccccc1)NCCCOCC(C)C. The van der Waals surface area contributed by atoms with Gasteiger partial charge in [0.25, 0.3) is 5.91 Å². The van der Waals surface area contributed by atoms with Crippen LogP contribution in [-0.2, 0) is 4.74 Å². The van der Waals surface area contributed by atoms with Gasteiger partial charge in [0.2, 0.25) is 0 Å². The van der Waals surface area contributed by atoms with E-state index in [4.69, 9.17) is 4.74 Å². The summed E-state index contributed by atoms with van der Waals surface area (Å²) in [6, 6.07) is 9.24. The van der Waals surface area contributed by atoms with Gasteiger partial charge >= 0.3 is 0 Å². The number of benzene rings is 1. The van der Waals surface area contributed by atoms with Gasteiger partial charge in [-0.15, -0.1) is 0 Å². The van der Waals surface area contributed by atoms with Gasteiger partial charge in [-0.2, -0.15) is 0 Å². The summed E-state index contributed by atoms with van der Waals surface area (Å²) < 4.78 is 5.54. The molecule has 6 heteroatoms. The average molecular weight is 348 g/mol. The maximum absolute atomic E-state index is 11.9. The Morgan fingerprint density at radius 1 is 1.04 bits per heavy atom. The highest BCUT2D eigenvalue weighted by Gasteiger charge is 2.03. The van der Waals surface area contributed by atoms with E-state index >= 15 is 0 Å². The lowest BCUT2D eigenvalue weighted by atomic mass is 10.2. The van der Waals surface area contributed by atoms with Gasteiger partial charge in [0.05, 0.1) is 0 Å². The molecule has 0 spiro atoms. The molecule has 3 N–H and O–H groups in total. The predicted molar refractivity (Wildman–Crippen MR) is 103 cm³/mol. The number of hydrogen-bond donors (Lipinski definition) is 3. The number of nitrogens with zero attached hydrogens (tertiary/aromatic N) is 1. The summed E-state index contributed by atoms with van der Waals surface area (Å²) in [7, 11) is 1.75. The molecule has 0 aromatic heterocycles. The average Bonchev–Trinajstić information content (AvgIpc) is 2.62. The second kappa shape index (κ2) is 13.2. The molecule has 0 bridgehead atoms. The van der Waals surface area contributed by atoms with Crippen molar-refractivity contribution in [3.63, 3.8) is 0 Å². The summed E-state index contributed by atoms with van der Waals surface area (Å²) in [5, 5.41) is 9.40. The topological polar surface area (TPSA) is 74.8 Å². The van der Waals surface area contributed by atoms with Crippen LogP contribution in [0.1, 0.15) is 37.0 Å². The fraction of sp³-hybridized carbons (Fsp3) is 0.579.